The maximum atomic E-state index is 11.8. The Morgan fingerprint density at radius 2 is 2.17 bits per heavy atom. The molecule has 0 radical (unpaired) electrons. The van der Waals surface area contributed by atoms with E-state index in [-0.39, 0.29) is 18.2 Å². The van der Waals surface area contributed by atoms with Crippen molar-refractivity contribution in [2.45, 2.75) is 12.8 Å². The molecule has 1 aliphatic heterocycles. The fourth-order valence-electron chi connectivity index (χ4n) is 2.00. The highest BCUT2D eigenvalue weighted by atomic mass is 35.5. The van der Waals surface area contributed by atoms with Crippen molar-refractivity contribution in [1.82, 2.24) is 4.90 Å². The van der Waals surface area contributed by atoms with Crippen molar-refractivity contribution in [2.24, 2.45) is 0 Å². The normalized spacial score (nSPS) is 16.6. The monoisotopic (exact) mass is 266 g/mol. The first-order valence-electron chi connectivity index (χ1n) is 5.93. The smallest absolute Gasteiger partial charge is 0.238 e. The Hall–Kier alpha value is -1.39. The molecule has 1 fully saturated rings. The highest BCUT2D eigenvalue weighted by Gasteiger charge is 2.19. The van der Waals surface area contributed by atoms with Gasteiger partial charge in [0.05, 0.1) is 23.8 Å². The van der Waals surface area contributed by atoms with E-state index >= 15 is 0 Å². The van der Waals surface area contributed by atoms with Crippen LogP contribution in [0.3, 0.4) is 0 Å². The minimum absolute atomic E-state index is 0.141. The maximum absolute atomic E-state index is 11.8. The van der Waals surface area contributed by atoms with E-state index in [2.05, 4.69) is 5.32 Å². The Morgan fingerprint density at radius 1 is 1.39 bits per heavy atom. The Kier molecular flexibility index (Phi) is 4.33. The van der Waals surface area contributed by atoms with Crippen LogP contribution in [0.2, 0.25) is 5.02 Å². The van der Waals surface area contributed by atoms with Crippen molar-refractivity contribution in [3.05, 3.63) is 29.3 Å². The lowest BCUT2D eigenvalue weighted by Gasteiger charge is -2.24. The summed E-state index contributed by atoms with van der Waals surface area (Å²) in [6.45, 7) is 1.40. The molecule has 0 aliphatic carbocycles. The molecule has 0 aromatic heterocycles. The highest BCUT2D eigenvalue weighted by Crippen LogP contribution is 2.20. The Labute approximate surface area is 111 Å². The molecule has 1 aromatic rings. The van der Waals surface area contributed by atoms with Gasteiger partial charge in [0, 0.05) is 6.42 Å². The average molecular weight is 267 g/mol. The highest BCUT2D eigenvalue weighted by molar-refractivity contribution is 6.33. The summed E-state index contributed by atoms with van der Waals surface area (Å²) in [7, 11) is 0. The van der Waals surface area contributed by atoms with E-state index in [4.69, 9.17) is 11.6 Å². The lowest BCUT2D eigenvalue weighted by atomic mass is 10.1. The second kappa shape index (κ2) is 5.98. The standard InChI is InChI=1S/C13H15ClN2O2/c14-11-5-1-2-6-12(11)15-13(18)9-16-7-3-4-10(17)8-16/h1-2,5-6H,3-4,7-9H2,(H,15,18). The summed E-state index contributed by atoms with van der Waals surface area (Å²) < 4.78 is 0. The van der Waals surface area contributed by atoms with Crippen LogP contribution in [0.4, 0.5) is 5.69 Å². The molecule has 0 bridgehead atoms. The number of ketones is 1. The van der Waals surface area contributed by atoms with Gasteiger partial charge in [-0.25, -0.2) is 0 Å². The number of nitrogens with zero attached hydrogens (tertiary/aromatic N) is 1. The number of hydrogen-bond acceptors (Lipinski definition) is 3. The second-order valence-electron chi connectivity index (χ2n) is 4.38. The number of Topliss-reactive ketones (excluding diaryl/α,β-unsaturated/α-hetero) is 1. The molecule has 1 heterocycles. The molecule has 1 aliphatic rings. The van der Waals surface area contributed by atoms with Gasteiger partial charge in [-0.3, -0.25) is 14.5 Å². The third-order valence-corrected chi connectivity index (χ3v) is 3.17. The van der Waals surface area contributed by atoms with Crippen LogP contribution in [0.15, 0.2) is 24.3 Å². The van der Waals surface area contributed by atoms with Crippen molar-refractivity contribution in [2.75, 3.05) is 25.0 Å². The number of nitrogens with one attached hydrogen (secondary N) is 1. The van der Waals surface area contributed by atoms with E-state index in [1.807, 2.05) is 11.0 Å². The topological polar surface area (TPSA) is 49.4 Å². The summed E-state index contributed by atoms with van der Waals surface area (Å²) in [5.74, 6) is 0.0598. The first-order valence-corrected chi connectivity index (χ1v) is 6.31. The molecule has 0 saturated carbocycles. The molecule has 1 aromatic carbocycles. The summed E-state index contributed by atoms with van der Waals surface area (Å²) in [5.41, 5.74) is 0.604. The van der Waals surface area contributed by atoms with Gasteiger partial charge in [-0.05, 0) is 25.1 Å². The van der Waals surface area contributed by atoms with Crippen LogP contribution in [0.5, 0.6) is 0 Å². The summed E-state index contributed by atoms with van der Waals surface area (Å²) in [5, 5.41) is 3.26. The second-order valence-corrected chi connectivity index (χ2v) is 4.79. The fraction of sp³-hybridized carbons (Fsp3) is 0.385. The lowest BCUT2D eigenvalue weighted by molar-refractivity contribution is -0.123. The zero-order valence-corrected chi connectivity index (χ0v) is 10.7. The molecule has 18 heavy (non-hydrogen) atoms. The third kappa shape index (κ3) is 3.55. The van der Waals surface area contributed by atoms with Crippen LogP contribution in [0.1, 0.15) is 12.8 Å². The Balaban J connectivity index is 1.89. The van der Waals surface area contributed by atoms with Gasteiger partial charge >= 0.3 is 0 Å². The van der Waals surface area contributed by atoms with Gasteiger partial charge in [-0.15, -0.1) is 0 Å². The number of rotatable bonds is 3. The molecule has 2 rings (SSSR count). The van der Waals surface area contributed by atoms with Gasteiger partial charge in [-0.1, -0.05) is 23.7 Å². The third-order valence-electron chi connectivity index (χ3n) is 2.85. The fourth-order valence-corrected chi connectivity index (χ4v) is 2.18. The largest absolute Gasteiger partial charge is 0.324 e. The maximum Gasteiger partial charge on any atom is 0.238 e. The molecular formula is C13H15ClN2O2. The van der Waals surface area contributed by atoms with Gasteiger partial charge in [0.25, 0.3) is 0 Å². The summed E-state index contributed by atoms with van der Waals surface area (Å²) in [6.07, 6.45) is 1.46. The number of carbonyl (C=O) groups is 2. The summed E-state index contributed by atoms with van der Waals surface area (Å²) in [4.78, 5) is 24.9. The zero-order chi connectivity index (χ0) is 13.0. The zero-order valence-electron chi connectivity index (χ0n) is 9.99. The van der Waals surface area contributed by atoms with Crippen LogP contribution in [0.25, 0.3) is 0 Å². The number of carbonyl (C=O) groups excluding carboxylic acids is 2. The van der Waals surface area contributed by atoms with E-state index in [9.17, 15) is 9.59 Å². The first-order chi connectivity index (χ1) is 8.65. The quantitative estimate of drug-likeness (QED) is 0.910. The molecule has 96 valence electrons. The van der Waals surface area contributed by atoms with Crippen molar-refractivity contribution >= 4 is 29.0 Å². The van der Waals surface area contributed by atoms with Crippen LogP contribution in [-0.2, 0) is 9.59 Å². The van der Waals surface area contributed by atoms with E-state index in [0.29, 0.717) is 23.7 Å². The Bertz CT molecular complexity index is 462. The van der Waals surface area contributed by atoms with Crippen LogP contribution in [-0.4, -0.2) is 36.2 Å². The van der Waals surface area contributed by atoms with Gasteiger partial charge < -0.3 is 5.32 Å². The molecular weight excluding hydrogens is 252 g/mol. The summed E-state index contributed by atoms with van der Waals surface area (Å²) >= 11 is 5.95. The van der Waals surface area contributed by atoms with Gasteiger partial charge in [0.15, 0.2) is 0 Å². The Morgan fingerprint density at radius 3 is 2.89 bits per heavy atom. The van der Waals surface area contributed by atoms with Crippen molar-refractivity contribution < 1.29 is 9.59 Å². The first kappa shape index (κ1) is 13.1. The lowest BCUT2D eigenvalue weighted by Crippen LogP contribution is -2.40. The van der Waals surface area contributed by atoms with Crippen LogP contribution >= 0.6 is 11.6 Å². The number of piperidine rings is 1. The van der Waals surface area contributed by atoms with Gasteiger partial charge in [-0.2, -0.15) is 0 Å². The molecule has 1 saturated heterocycles. The number of amides is 1. The number of benzene rings is 1. The SMILES string of the molecule is O=C1CCCN(CC(=O)Nc2ccccc2Cl)C1. The van der Waals surface area contributed by atoms with Crippen LogP contribution in [0, 0.1) is 0 Å². The number of hydrogen-bond donors (Lipinski definition) is 1. The van der Waals surface area contributed by atoms with Gasteiger partial charge in [0.2, 0.25) is 5.91 Å². The number of anilines is 1. The molecule has 0 unspecified atom stereocenters. The molecule has 0 spiro atoms. The predicted octanol–water partition coefficient (Wildman–Crippen LogP) is 1.94. The molecule has 4 nitrogen and oxygen atoms in total. The number of para-hydroxylation sites is 1. The van der Waals surface area contributed by atoms with Crippen molar-refractivity contribution in [3.63, 3.8) is 0 Å². The average Bonchev–Trinajstić information content (AvgIpc) is 2.32. The minimum Gasteiger partial charge on any atom is -0.324 e. The predicted molar refractivity (Wildman–Crippen MR) is 70.8 cm³/mol. The molecule has 1 N–H and O–H groups in total. The number of halogens is 1. The number of likely N-dealkylation sites (tertiary alicyclic amines) is 1. The van der Waals surface area contributed by atoms with Gasteiger partial charge in [0.1, 0.15) is 5.78 Å². The van der Waals surface area contributed by atoms with E-state index in [1.165, 1.54) is 0 Å². The minimum atomic E-state index is -0.141. The van der Waals surface area contributed by atoms with Crippen molar-refractivity contribution in [1.29, 1.82) is 0 Å². The van der Waals surface area contributed by atoms with Crippen molar-refractivity contribution in [3.8, 4) is 0 Å². The summed E-state index contributed by atoms with van der Waals surface area (Å²) in [6, 6.07) is 7.09. The van der Waals surface area contributed by atoms with E-state index < -0.39 is 0 Å². The van der Waals surface area contributed by atoms with E-state index in [1.54, 1.807) is 18.2 Å². The molecule has 0 atom stereocenters. The van der Waals surface area contributed by atoms with E-state index in [0.717, 1.165) is 13.0 Å². The molecule has 1 amide bonds. The molecule has 5 heteroatoms. The van der Waals surface area contributed by atoms with Crippen LogP contribution < -0.4 is 5.32 Å².